The number of ether oxygens (including phenoxy) is 2. The predicted molar refractivity (Wildman–Crippen MR) is 197 cm³/mol. The Labute approximate surface area is 306 Å². The highest BCUT2D eigenvalue weighted by atomic mass is 28.4. The molecule has 3 aliphatic rings. The van der Waals surface area contributed by atoms with Crippen LogP contribution in [0.5, 0.6) is 5.75 Å². The SMILES string of the molecule is COc1cccn(-c2ccc(CN3C(=O)[C@@]4(O[C@@H](CC(=O)N5Cc6ccccc6C[C@H]5CO)[C@H]([Si](C)(C)F)[C@H]4C)c4cc([N+](=O)[O-])ccc43)cc2)c1=O. The predicted octanol–water partition coefficient (Wildman–Crippen LogP) is 5.41. The molecular weight excluding hydrogens is 700 g/mol. The van der Waals surface area contributed by atoms with Crippen molar-refractivity contribution in [3.05, 3.63) is 128 Å². The van der Waals surface area contributed by atoms with Crippen LogP contribution in [0.15, 0.2) is 89.9 Å². The minimum absolute atomic E-state index is 0.0604. The molecule has 4 aromatic rings. The van der Waals surface area contributed by atoms with E-state index in [2.05, 4.69) is 0 Å². The molecule has 1 aromatic heterocycles. The first kappa shape index (κ1) is 36.2. The van der Waals surface area contributed by atoms with Crippen LogP contribution in [0.3, 0.4) is 0 Å². The standard InChI is InChI=1S/C39H41FN4O8Si/c1-24-36(53(3,4)40)34(20-35(46)42-22-27-9-6-5-8-26(27)18-30(42)23-45)52-39(24)31-19-29(44(49)50)15-16-32(31)43(38(39)48)21-25-11-13-28(14-12-25)41-17-7-10-33(51-2)37(41)47/h5-17,19,24,30,34,36,45H,18,20-23H2,1-4H3/t24-,30+,34+,36-,39+/m1/s1. The van der Waals surface area contributed by atoms with Gasteiger partial charge in [0.1, 0.15) is 0 Å². The number of aliphatic hydroxyl groups is 1. The number of nitrogens with zero attached hydrogens (tertiary/aromatic N) is 4. The normalized spacial score (nSPS) is 23.6. The summed E-state index contributed by atoms with van der Waals surface area (Å²) in [5.41, 5.74) is 0.790. The molecule has 1 fully saturated rings. The number of aliphatic hydroxyl groups excluding tert-OH is 1. The first-order valence-electron chi connectivity index (χ1n) is 17.6. The molecule has 3 aliphatic heterocycles. The fourth-order valence-electron chi connectivity index (χ4n) is 8.62. The Hall–Kier alpha value is -5.18. The van der Waals surface area contributed by atoms with Crippen molar-refractivity contribution in [2.24, 2.45) is 5.92 Å². The Bertz CT molecular complexity index is 2150. The number of nitro benzene ring substituents is 1. The highest BCUT2D eigenvalue weighted by molar-refractivity contribution is 6.72. The molecule has 0 aliphatic carbocycles. The van der Waals surface area contributed by atoms with Crippen molar-refractivity contribution in [2.45, 2.75) is 69.2 Å². The Morgan fingerprint density at radius 1 is 1.08 bits per heavy atom. The van der Waals surface area contributed by atoms with Gasteiger partial charge in [0.05, 0.1) is 49.4 Å². The molecule has 3 aromatic carbocycles. The second-order valence-electron chi connectivity index (χ2n) is 14.6. The summed E-state index contributed by atoms with van der Waals surface area (Å²) in [7, 11) is -2.24. The van der Waals surface area contributed by atoms with E-state index in [1.165, 1.54) is 47.9 Å². The topological polar surface area (TPSA) is 144 Å². The number of anilines is 1. The Balaban J connectivity index is 1.23. The number of aromatic nitrogens is 1. The number of benzene rings is 3. The van der Waals surface area contributed by atoms with Crippen LogP contribution in [-0.4, -0.2) is 65.6 Å². The van der Waals surface area contributed by atoms with Crippen LogP contribution in [0.1, 0.15) is 35.6 Å². The van der Waals surface area contributed by atoms with Crippen molar-refractivity contribution < 1.29 is 33.2 Å². The van der Waals surface area contributed by atoms with Crippen molar-refractivity contribution in [2.75, 3.05) is 18.6 Å². The largest absolute Gasteiger partial charge is 0.491 e. The van der Waals surface area contributed by atoms with Crippen LogP contribution in [0.25, 0.3) is 5.69 Å². The molecule has 1 spiro atoms. The number of amides is 2. The lowest BCUT2D eigenvalue weighted by atomic mass is 9.82. The first-order valence-corrected chi connectivity index (χ1v) is 20.5. The molecule has 276 valence electrons. The molecular formula is C39H41FN4O8Si. The summed E-state index contributed by atoms with van der Waals surface area (Å²) in [5, 5.41) is 22.3. The van der Waals surface area contributed by atoms with Crippen molar-refractivity contribution in [3.63, 3.8) is 0 Å². The van der Waals surface area contributed by atoms with Crippen LogP contribution in [0.4, 0.5) is 15.5 Å². The lowest BCUT2D eigenvalue weighted by Crippen LogP contribution is -2.48. The maximum Gasteiger partial charge on any atom is 0.297 e. The molecule has 14 heteroatoms. The number of fused-ring (bicyclic) bond motifs is 3. The maximum absolute atomic E-state index is 16.5. The molecule has 53 heavy (non-hydrogen) atoms. The van der Waals surface area contributed by atoms with Crippen molar-refractivity contribution >= 4 is 31.6 Å². The summed E-state index contributed by atoms with van der Waals surface area (Å²) in [4.78, 5) is 56.4. The Morgan fingerprint density at radius 2 is 1.79 bits per heavy atom. The van der Waals surface area contributed by atoms with Gasteiger partial charge in [0.2, 0.25) is 14.3 Å². The molecule has 0 bridgehead atoms. The third-order valence-electron chi connectivity index (χ3n) is 11.1. The minimum atomic E-state index is -3.66. The number of methoxy groups -OCH3 is 1. The molecule has 4 heterocycles. The molecule has 7 rings (SSSR count). The second-order valence-corrected chi connectivity index (χ2v) is 18.4. The summed E-state index contributed by atoms with van der Waals surface area (Å²) in [6.07, 6.45) is 0.867. The number of carbonyl (C=O) groups excluding carboxylic acids is 2. The minimum Gasteiger partial charge on any atom is -0.491 e. The van der Waals surface area contributed by atoms with Crippen LogP contribution in [-0.2, 0) is 39.4 Å². The van der Waals surface area contributed by atoms with Crippen LogP contribution < -0.4 is 15.2 Å². The van der Waals surface area contributed by atoms with Crippen LogP contribution in [0.2, 0.25) is 18.6 Å². The van der Waals surface area contributed by atoms with E-state index in [9.17, 15) is 29.6 Å². The summed E-state index contributed by atoms with van der Waals surface area (Å²) < 4.78 is 29.8. The average Bonchev–Trinajstić information content (AvgIpc) is 3.56. The Kier molecular flexibility index (Phi) is 9.33. The number of carbonyl (C=O) groups is 2. The zero-order valence-electron chi connectivity index (χ0n) is 29.9. The van der Waals surface area contributed by atoms with Crippen molar-refractivity contribution in [1.82, 2.24) is 9.47 Å². The van der Waals surface area contributed by atoms with Crippen LogP contribution >= 0.6 is 0 Å². The summed E-state index contributed by atoms with van der Waals surface area (Å²) in [6.45, 7) is 4.89. The van der Waals surface area contributed by atoms with Crippen molar-refractivity contribution in [3.8, 4) is 11.4 Å². The molecule has 2 amide bonds. The van der Waals surface area contributed by atoms with E-state index >= 15 is 4.11 Å². The van der Waals surface area contributed by atoms with Gasteiger partial charge in [0.25, 0.3) is 17.2 Å². The average molecular weight is 741 g/mol. The van der Waals surface area contributed by atoms with Gasteiger partial charge in [-0.25, -0.2) is 0 Å². The molecule has 0 radical (unpaired) electrons. The van der Waals surface area contributed by atoms with Crippen LogP contribution in [0, 0.1) is 16.0 Å². The van der Waals surface area contributed by atoms with Gasteiger partial charge >= 0.3 is 0 Å². The highest BCUT2D eigenvalue weighted by Crippen LogP contribution is 2.60. The number of nitro groups is 1. The molecule has 5 atom stereocenters. The lowest BCUT2D eigenvalue weighted by Gasteiger charge is -2.37. The first-order chi connectivity index (χ1) is 25.3. The monoisotopic (exact) mass is 740 g/mol. The van der Waals surface area contributed by atoms with E-state index in [0.717, 1.165) is 11.1 Å². The number of pyridine rings is 1. The number of halogens is 1. The van der Waals surface area contributed by atoms with E-state index in [-0.39, 0.29) is 54.6 Å². The smallest absolute Gasteiger partial charge is 0.297 e. The number of hydrogen-bond acceptors (Lipinski definition) is 8. The second kappa shape index (κ2) is 13.7. The number of rotatable bonds is 9. The van der Waals surface area contributed by atoms with E-state index in [0.29, 0.717) is 23.4 Å². The maximum atomic E-state index is 16.5. The van der Waals surface area contributed by atoms with Gasteiger partial charge in [0.15, 0.2) is 11.4 Å². The quantitative estimate of drug-likeness (QED) is 0.104. The van der Waals surface area contributed by atoms with Crippen molar-refractivity contribution in [1.29, 1.82) is 0 Å². The molecule has 12 nitrogen and oxygen atoms in total. The molecule has 0 unspecified atom stereocenters. The van der Waals surface area contributed by atoms with E-state index in [4.69, 9.17) is 9.47 Å². The van der Waals surface area contributed by atoms with E-state index < -0.39 is 48.4 Å². The van der Waals surface area contributed by atoms with Gasteiger partial charge in [-0.2, -0.15) is 0 Å². The number of non-ortho nitro benzene ring substituents is 1. The fourth-order valence-corrected chi connectivity index (χ4v) is 11.1. The van der Waals surface area contributed by atoms with Gasteiger partial charge in [-0.3, -0.25) is 29.1 Å². The summed E-state index contributed by atoms with van der Waals surface area (Å²) in [5.74, 6) is -1.41. The number of hydrogen-bond donors (Lipinski definition) is 1. The van der Waals surface area contributed by atoms with Gasteiger partial charge in [-0.15, -0.1) is 0 Å². The Morgan fingerprint density at radius 3 is 2.45 bits per heavy atom. The molecule has 1 saturated heterocycles. The zero-order valence-corrected chi connectivity index (χ0v) is 30.9. The van der Waals surface area contributed by atoms with Gasteiger partial charge in [0, 0.05) is 47.6 Å². The summed E-state index contributed by atoms with van der Waals surface area (Å²) in [6, 6.07) is 21.7. The molecule has 1 N–H and O–H groups in total. The zero-order chi connectivity index (χ0) is 37.8. The highest BCUT2D eigenvalue weighted by Gasteiger charge is 2.67. The lowest BCUT2D eigenvalue weighted by molar-refractivity contribution is -0.385. The van der Waals surface area contributed by atoms with Gasteiger partial charge < -0.3 is 28.5 Å². The van der Waals surface area contributed by atoms with Gasteiger partial charge in [-0.1, -0.05) is 43.3 Å². The van der Waals surface area contributed by atoms with Gasteiger partial charge in [-0.05, 0) is 66.5 Å². The fraction of sp³-hybridized carbons (Fsp3) is 0.359. The third kappa shape index (κ3) is 6.13. The van der Waals surface area contributed by atoms with E-state index in [1.54, 1.807) is 54.4 Å². The third-order valence-corrected chi connectivity index (χ3v) is 13.6. The summed E-state index contributed by atoms with van der Waals surface area (Å²) >= 11 is 0. The molecule has 0 saturated carbocycles. The van der Waals surface area contributed by atoms with E-state index in [1.807, 2.05) is 24.3 Å².